The first-order valence-electron chi connectivity index (χ1n) is 10.3. The maximum Gasteiger partial charge on any atom is 0.434 e. The molecule has 0 saturated heterocycles. The van der Waals surface area contributed by atoms with Gasteiger partial charge in [-0.3, -0.25) is 10.3 Å². The minimum absolute atomic E-state index is 0.0989. The number of fused-ring (bicyclic) bond motifs is 1. The predicted octanol–water partition coefficient (Wildman–Crippen LogP) is 3.11. The molecule has 0 aromatic carbocycles. The van der Waals surface area contributed by atoms with E-state index in [0.717, 1.165) is 0 Å². The van der Waals surface area contributed by atoms with Crippen molar-refractivity contribution in [2.75, 3.05) is 19.0 Å². The van der Waals surface area contributed by atoms with Gasteiger partial charge >= 0.3 is 12.2 Å². The number of methoxy groups -OCH3 is 1. The second-order valence-corrected chi connectivity index (χ2v) is 10.3. The summed E-state index contributed by atoms with van der Waals surface area (Å²) in [5.74, 6) is -0.339. The van der Waals surface area contributed by atoms with Crippen molar-refractivity contribution in [3.63, 3.8) is 0 Å². The third kappa shape index (κ3) is 5.23. The van der Waals surface area contributed by atoms with Crippen LogP contribution in [-0.2, 0) is 22.6 Å². The van der Waals surface area contributed by atoms with E-state index in [-0.39, 0.29) is 39.9 Å². The molecule has 0 saturated carbocycles. The molecule has 192 valence electrons. The SMILES string of the molecule is COc1cc(-c2ncc(C(F)(F)F)nc2NC(=O)N=[S@@](N)(=O)c2cnn3c2OCC(C)(C)C3)ccn1. The fourth-order valence-electron chi connectivity index (χ4n) is 3.32. The molecule has 1 atom stereocenters. The van der Waals surface area contributed by atoms with Crippen LogP contribution in [0.25, 0.3) is 11.3 Å². The van der Waals surface area contributed by atoms with Crippen LogP contribution < -0.4 is 19.9 Å². The second kappa shape index (κ2) is 9.02. The van der Waals surface area contributed by atoms with Crippen molar-refractivity contribution in [3.05, 3.63) is 36.4 Å². The first-order valence-corrected chi connectivity index (χ1v) is 11.9. The number of nitrogens with zero attached hydrogens (tertiary/aromatic N) is 6. The number of halogens is 3. The number of rotatable bonds is 4. The number of amides is 2. The lowest BCUT2D eigenvalue weighted by Crippen LogP contribution is -2.33. The Morgan fingerprint density at radius 3 is 2.78 bits per heavy atom. The van der Waals surface area contributed by atoms with Crippen molar-refractivity contribution in [2.45, 2.75) is 31.5 Å². The Labute approximate surface area is 203 Å². The molecule has 2 amide bonds. The maximum atomic E-state index is 13.3. The topological polar surface area (TPSA) is 160 Å². The highest BCUT2D eigenvalue weighted by molar-refractivity contribution is 7.91. The summed E-state index contributed by atoms with van der Waals surface area (Å²) in [5, 5.41) is 12.0. The molecular formula is C20H21F3N8O4S. The van der Waals surface area contributed by atoms with E-state index < -0.39 is 33.6 Å². The quantitative estimate of drug-likeness (QED) is 0.524. The van der Waals surface area contributed by atoms with Gasteiger partial charge in [0.15, 0.2) is 21.4 Å². The lowest BCUT2D eigenvalue weighted by Gasteiger charge is -2.30. The summed E-state index contributed by atoms with van der Waals surface area (Å²) in [6.45, 7) is 4.62. The van der Waals surface area contributed by atoms with Gasteiger partial charge in [-0.2, -0.15) is 18.3 Å². The molecule has 0 radical (unpaired) electrons. The normalized spacial score (nSPS) is 16.3. The number of carbonyl (C=O) groups excluding carboxylic acids is 1. The summed E-state index contributed by atoms with van der Waals surface area (Å²) < 4.78 is 68.5. The number of nitrogens with two attached hydrogens (primary N) is 1. The van der Waals surface area contributed by atoms with E-state index in [2.05, 4.69) is 29.7 Å². The molecule has 0 unspecified atom stereocenters. The van der Waals surface area contributed by atoms with E-state index in [1.54, 1.807) is 0 Å². The third-order valence-electron chi connectivity index (χ3n) is 4.98. The zero-order valence-corrected chi connectivity index (χ0v) is 20.1. The molecular weight excluding hydrogens is 505 g/mol. The first-order chi connectivity index (χ1) is 16.8. The van der Waals surface area contributed by atoms with E-state index in [1.807, 2.05) is 13.8 Å². The number of aromatic nitrogens is 5. The summed E-state index contributed by atoms with van der Waals surface area (Å²) in [6, 6.07) is 1.50. The summed E-state index contributed by atoms with van der Waals surface area (Å²) in [7, 11) is -2.54. The van der Waals surface area contributed by atoms with Crippen molar-refractivity contribution in [2.24, 2.45) is 14.9 Å². The largest absolute Gasteiger partial charge is 0.481 e. The molecule has 1 aliphatic heterocycles. The molecule has 1 aliphatic rings. The Hall–Kier alpha value is -3.79. The van der Waals surface area contributed by atoms with Crippen LogP contribution in [-0.4, -0.2) is 48.7 Å². The van der Waals surface area contributed by atoms with E-state index in [1.165, 1.54) is 36.3 Å². The predicted molar refractivity (Wildman–Crippen MR) is 120 cm³/mol. The second-order valence-electron chi connectivity index (χ2n) is 8.55. The summed E-state index contributed by atoms with van der Waals surface area (Å²) in [4.78, 5) is 23.8. The molecule has 0 spiro atoms. The molecule has 16 heteroatoms. The van der Waals surface area contributed by atoms with Gasteiger partial charge < -0.3 is 9.47 Å². The molecule has 3 aromatic heterocycles. The number of alkyl halides is 3. The minimum Gasteiger partial charge on any atom is -0.481 e. The number of hydrogen-bond donors (Lipinski definition) is 2. The number of anilines is 1. The molecule has 4 rings (SSSR count). The molecule has 4 heterocycles. The van der Waals surface area contributed by atoms with E-state index in [4.69, 9.17) is 14.6 Å². The average Bonchev–Trinajstić information content (AvgIpc) is 3.21. The van der Waals surface area contributed by atoms with E-state index in [9.17, 15) is 22.2 Å². The number of nitrogens with one attached hydrogen (secondary N) is 1. The lowest BCUT2D eigenvalue weighted by atomic mass is 9.94. The van der Waals surface area contributed by atoms with Crippen molar-refractivity contribution in [1.82, 2.24) is 24.7 Å². The van der Waals surface area contributed by atoms with E-state index >= 15 is 0 Å². The summed E-state index contributed by atoms with van der Waals surface area (Å²) in [5.41, 5.74) is -1.50. The Bertz CT molecular complexity index is 1450. The van der Waals surface area contributed by atoms with Gasteiger partial charge in [-0.1, -0.05) is 13.8 Å². The molecule has 0 bridgehead atoms. The first kappa shape index (κ1) is 25.3. The van der Waals surface area contributed by atoms with Crippen LogP contribution in [0.1, 0.15) is 19.5 Å². The molecule has 12 nitrogen and oxygen atoms in total. The fourth-order valence-corrected chi connectivity index (χ4v) is 4.32. The van der Waals surface area contributed by atoms with Gasteiger partial charge in [0.1, 0.15) is 10.6 Å². The van der Waals surface area contributed by atoms with Crippen molar-refractivity contribution < 1.29 is 31.6 Å². The van der Waals surface area contributed by atoms with Gasteiger partial charge in [-0.05, 0) is 6.07 Å². The minimum atomic E-state index is -4.85. The Balaban J connectivity index is 1.71. The fraction of sp³-hybridized carbons (Fsp3) is 0.350. The van der Waals surface area contributed by atoms with Crippen LogP contribution in [0.4, 0.5) is 23.8 Å². The van der Waals surface area contributed by atoms with Crippen LogP contribution in [0.3, 0.4) is 0 Å². The molecule has 0 aliphatic carbocycles. The van der Waals surface area contributed by atoms with Gasteiger partial charge in [-0.15, -0.1) is 4.36 Å². The Morgan fingerprint density at radius 1 is 1.33 bits per heavy atom. The average molecular weight is 527 g/mol. The third-order valence-corrected chi connectivity index (χ3v) is 6.32. The smallest absolute Gasteiger partial charge is 0.434 e. The summed E-state index contributed by atoms with van der Waals surface area (Å²) in [6.07, 6.45) is -1.82. The van der Waals surface area contributed by atoms with Gasteiger partial charge in [-0.25, -0.2) is 28.8 Å². The highest BCUT2D eigenvalue weighted by atomic mass is 32.2. The Kier molecular flexibility index (Phi) is 6.34. The number of pyridine rings is 1. The van der Waals surface area contributed by atoms with Crippen molar-refractivity contribution in [3.8, 4) is 23.0 Å². The van der Waals surface area contributed by atoms with Crippen LogP contribution in [0, 0.1) is 5.41 Å². The molecule has 0 fully saturated rings. The summed E-state index contributed by atoms with van der Waals surface area (Å²) >= 11 is 0. The van der Waals surface area contributed by atoms with Gasteiger partial charge in [0.05, 0.1) is 32.7 Å². The lowest BCUT2D eigenvalue weighted by molar-refractivity contribution is -0.141. The number of urea groups is 1. The zero-order chi connectivity index (χ0) is 26.3. The van der Waals surface area contributed by atoms with Crippen molar-refractivity contribution >= 4 is 21.8 Å². The van der Waals surface area contributed by atoms with Gasteiger partial charge in [0.2, 0.25) is 11.8 Å². The van der Waals surface area contributed by atoms with Crippen LogP contribution >= 0.6 is 0 Å². The highest BCUT2D eigenvalue weighted by Gasteiger charge is 2.35. The van der Waals surface area contributed by atoms with Gasteiger partial charge in [0, 0.05) is 23.2 Å². The molecule has 3 N–H and O–H groups in total. The van der Waals surface area contributed by atoms with Crippen LogP contribution in [0.2, 0.25) is 0 Å². The standard InChI is InChI=1S/C20H21F3N8O4S/c1-19(2)9-31-17(35-10-19)12(7-27-31)36(24,33)30-18(32)29-16-15(11-4-5-25-14(6-11)34-3)26-8-13(28-16)20(21,22)23/h4-8H,9-10H2,1-3H3,(H3,24,28,29,30,32,33)/t36-/m1/s1. The molecule has 36 heavy (non-hydrogen) atoms. The van der Waals surface area contributed by atoms with Crippen molar-refractivity contribution in [1.29, 1.82) is 0 Å². The maximum absolute atomic E-state index is 13.3. The molecule has 3 aromatic rings. The Morgan fingerprint density at radius 2 is 2.08 bits per heavy atom. The van der Waals surface area contributed by atoms with Gasteiger partial charge in [0.25, 0.3) is 0 Å². The van der Waals surface area contributed by atoms with Crippen LogP contribution in [0.5, 0.6) is 11.8 Å². The van der Waals surface area contributed by atoms with E-state index in [0.29, 0.717) is 12.7 Å². The zero-order valence-electron chi connectivity index (χ0n) is 19.2. The highest BCUT2D eigenvalue weighted by Crippen LogP contribution is 2.34. The van der Waals surface area contributed by atoms with Crippen LogP contribution in [0.15, 0.2) is 40.0 Å². The number of hydrogen-bond acceptors (Lipinski definition) is 8. The monoisotopic (exact) mass is 526 g/mol. The number of ether oxygens (including phenoxy) is 2. The number of carbonyl (C=O) groups is 1.